The molecule has 0 aliphatic rings. The van der Waals surface area contributed by atoms with Crippen molar-refractivity contribution >= 4 is 33.3 Å². The lowest BCUT2D eigenvalue weighted by Crippen LogP contribution is -2.45. The number of carbonyl (C=O) groups excluding carboxylic acids is 2. The number of benzene rings is 2. The monoisotopic (exact) mass is 408 g/mol. The third-order valence-electron chi connectivity index (χ3n) is 3.86. The van der Waals surface area contributed by atoms with Crippen LogP contribution in [-0.4, -0.2) is 39.2 Å². The van der Waals surface area contributed by atoms with Gasteiger partial charge in [-0.1, -0.05) is 24.3 Å². The maximum Gasteiger partial charge on any atom is 0.340 e. The first-order valence-electron chi connectivity index (χ1n) is 8.47. The first kappa shape index (κ1) is 21.4. The van der Waals surface area contributed by atoms with Crippen molar-refractivity contribution in [3.63, 3.8) is 0 Å². The summed E-state index contributed by atoms with van der Waals surface area (Å²) < 4.78 is 44.3. The predicted octanol–water partition coefficient (Wildman–Crippen LogP) is 2.80. The van der Waals surface area contributed by atoms with Gasteiger partial charge in [-0.2, -0.15) is 0 Å². The van der Waals surface area contributed by atoms with Gasteiger partial charge in [0.05, 0.1) is 29.8 Å². The fourth-order valence-electron chi connectivity index (χ4n) is 2.63. The van der Waals surface area contributed by atoms with E-state index in [0.717, 1.165) is 12.3 Å². The molecule has 2 aromatic rings. The van der Waals surface area contributed by atoms with Crippen LogP contribution in [0.25, 0.3) is 0 Å². The summed E-state index contributed by atoms with van der Waals surface area (Å²) in [5, 5.41) is 2.52. The molecule has 7 nitrogen and oxygen atoms in total. The van der Waals surface area contributed by atoms with E-state index >= 15 is 0 Å². The van der Waals surface area contributed by atoms with Gasteiger partial charge in [0.1, 0.15) is 11.9 Å². The van der Waals surface area contributed by atoms with Gasteiger partial charge < -0.3 is 10.1 Å². The zero-order chi connectivity index (χ0) is 20.9. The van der Waals surface area contributed by atoms with Crippen molar-refractivity contribution in [2.75, 3.05) is 22.5 Å². The Morgan fingerprint density at radius 1 is 1.14 bits per heavy atom. The van der Waals surface area contributed by atoms with Gasteiger partial charge in [-0.3, -0.25) is 9.10 Å². The van der Waals surface area contributed by atoms with Crippen molar-refractivity contribution in [3.8, 4) is 0 Å². The zero-order valence-electron chi connectivity index (χ0n) is 15.7. The Kier molecular flexibility index (Phi) is 6.74. The fourth-order valence-corrected chi connectivity index (χ4v) is 3.80. The number of hydrogen-bond donors (Lipinski definition) is 1. The molecule has 0 bridgehead atoms. The van der Waals surface area contributed by atoms with E-state index in [9.17, 15) is 22.4 Å². The molecule has 0 saturated carbocycles. The first-order chi connectivity index (χ1) is 13.2. The topological polar surface area (TPSA) is 92.8 Å². The lowest BCUT2D eigenvalue weighted by molar-refractivity contribution is -0.116. The molecule has 9 heteroatoms. The van der Waals surface area contributed by atoms with Crippen molar-refractivity contribution in [1.29, 1.82) is 0 Å². The van der Waals surface area contributed by atoms with Gasteiger partial charge in [-0.05, 0) is 38.1 Å². The van der Waals surface area contributed by atoms with Crippen LogP contribution in [0.4, 0.5) is 15.8 Å². The Labute approximate surface area is 163 Å². The lowest BCUT2D eigenvalue weighted by Gasteiger charge is -2.28. The van der Waals surface area contributed by atoms with Crippen LogP contribution < -0.4 is 9.62 Å². The largest absolute Gasteiger partial charge is 0.462 e. The number of nitrogens with one attached hydrogen (secondary N) is 1. The van der Waals surface area contributed by atoms with E-state index in [4.69, 9.17) is 4.74 Å². The van der Waals surface area contributed by atoms with Crippen molar-refractivity contribution in [3.05, 3.63) is 59.9 Å². The molecule has 0 aliphatic carbocycles. The molecule has 0 spiro atoms. The Morgan fingerprint density at radius 3 is 2.36 bits per heavy atom. The Bertz CT molecular complexity index is 978. The average Bonchev–Trinajstić information content (AvgIpc) is 2.63. The summed E-state index contributed by atoms with van der Waals surface area (Å²) in [6.07, 6.45) is 0.885. The summed E-state index contributed by atoms with van der Waals surface area (Å²) in [5.74, 6) is -2.13. The van der Waals surface area contributed by atoms with Crippen LogP contribution in [-0.2, 0) is 19.6 Å². The van der Waals surface area contributed by atoms with Gasteiger partial charge in [0, 0.05) is 0 Å². The molecule has 2 aromatic carbocycles. The van der Waals surface area contributed by atoms with Gasteiger partial charge >= 0.3 is 5.97 Å². The number of para-hydroxylation sites is 2. The molecule has 1 atom stereocenters. The molecule has 2 rings (SSSR count). The zero-order valence-corrected chi connectivity index (χ0v) is 16.5. The van der Waals surface area contributed by atoms with E-state index in [1.807, 2.05) is 0 Å². The number of sulfonamides is 1. The number of carbonyl (C=O) groups is 2. The van der Waals surface area contributed by atoms with Crippen LogP contribution in [0, 0.1) is 5.82 Å². The molecule has 150 valence electrons. The standard InChI is InChI=1S/C19H21FN2O5S/c1-4-27-19(24)14-9-5-7-11-16(14)21-18(23)13(2)22(28(3,25)26)17-12-8-6-10-15(17)20/h5-13H,4H2,1-3H3,(H,21,23). The number of amides is 1. The maximum absolute atomic E-state index is 14.2. The molecule has 0 aliphatic heterocycles. The molecule has 0 radical (unpaired) electrons. The average molecular weight is 408 g/mol. The molecule has 0 saturated heterocycles. The lowest BCUT2D eigenvalue weighted by atomic mass is 10.1. The highest BCUT2D eigenvalue weighted by atomic mass is 32.2. The number of rotatable bonds is 7. The third kappa shape index (κ3) is 4.86. The van der Waals surface area contributed by atoms with E-state index in [-0.39, 0.29) is 23.5 Å². The van der Waals surface area contributed by atoms with Crippen LogP contribution in [0.1, 0.15) is 24.2 Å². The highest BCUT2D eigenvalue weighted by Crippen LogP contribution is 2.25. The molecule has 0 aromatic heterocycles. The van der Waals surface area contributed by atoms with E-state index in [1.165, 1.54) is 37.3 Å². The predicted molar refractivity (Wildman–Crippen MR) is 104 cm³/mol. The van der Waals surface area contributed by atoms with Crippen LogP contribution in [0.5, 0.6) is 0 Å². The third-order valence-corrected chi connectivity index (χ3v) is 5.09. The highest BCUT2D eigenvalue weighted by Gasteiger charge is 2.31. The van der Waals surface area contributed by atoms with E-state index < -0.39 is 33.8 Å². The second kappa shape index (κ2) is 8.83. The Balaban J connectivity index is 2.36. The molecular weight excluding hydrogens is 387 g/mol. The van der Waals surface area contributed by atoms with Crippen LogP contribution in [0.3, 0.4) is 0 Å². The summed E-state index contributed by atoms with van der Waals surface area (Å²) >= 11 is 0. The van der Waals surface area contributed by atoms with E-state index in [2.05, 4.69) is 5.32 Å². The Morgan fingerprint density at radius 2 is 1.75 bits per heavy atom. The number of hydrogen-bond acceptors (Lipinski definition) is 5. The second-order valence-electron chi connectivity index (χ2n) is 5.94. The van der Waals surface area contributed by atoms with E-state index in [0.29, 0.717) is 4.31 Å². The molecule has 1 unspecified atom stereocenters. The molecule has 0 fully saturated rings. The van der Waals surface area contributed by atoms with Gasteiger partial charge in [0.2, 0.25) is 15.9 Å². The summed E-state index contributed by atoms with van der Waals surface area (Å²) in [7, 11) is -3.97. The minimum Gasteiger partial charge on any atom is -0.462 e. The molecule has 0 heterocycles. The molecule has 1 N–H and O–H groups in total. The summed E-state index contributed by atoms with van der Waals surface area (Å²) in [6, 6.07) is 10.2. The van der Waals surface area contributed by atoms with Gasteiger partial charge in [0.25, 0.3) is 0 Å². The second-order valence-corrected chi connectivity index (χ2v) is 7.80. The summed E-state index contributed by atoms with van der Waals surface area (Å²) in [5.41, 5.74) is 0.0489. The number of halogens is 1. The number of nitrogens with zero attached hydrogens (tertiary/aromatic N) is 1. The van der Waals surface area contributed by atoms with Crippen LogP contribution in [0.15, 0.2) is 48.5 Å². The number of anilines is 2. The summed E-state index contributed by atoms with van der Waals surface area (Å²) in [4.78, 5) is 24.8. The summed E-state index contributed by atoms with van der Waals surface area (Å²) in [6.45, 7) is 3.14. The maximum atomic E-state index is 14.2. The van der Waals surface area contributed by atoms with Gasteiger partial charge in [0.15, 0.2) is 0 Å². The van der Waals surface area contributed by atoms with Gasteiger partial charge in [-0.25, -0.2) is 17.6 Å². The minimum absolute atomic E-state index is 0.127. The smallest absolute Gasteiger partial charge is 0.340 e. The van der Waals surface area contributed by atoms with Gasteiger partial charge in [-0.15, -0.1) is 0 Å². The van der Waals surface area contributed by atoms with E-state index in [1.54, 1.807) is 19.1 Å². The van der Waals surface area contributed by atoms with Crippen molar-refractivity contribution < 1.29 is 27.1 Å². The SMILES string of the molecule is CCOC(=O)c1ccccc1NC(=O)C(C)N(c1ccccc1F)S(C)(=O)=O. The highest BCUT2D eigenvalue weighted by molar-refractivity contribution is 7.92. The number of ether oxygens (including phenoxy) is 1. The normalized spacial score (nSPS) is 12.1. The van der Waals surface area contributed by atoms with Crippen LogP contribution >= 0.6 is 0 Å². The first-order valence-corrected chi connectivity index (χ1v) is 10.3. The van der Waals surface area contributed by atoms with Crippen molar-refractivity contribution in [2.24, 2.45) is 0 Å². The quantitative estimate of drug-likeness (QED) is 0.711. The fraction of sp³-hybridized carbons (Fsp3) is 0.263. The number of esters is 1. The molecule has 28 heavy (non-hydrogen) atoms. The molecular formula is C19H21FN2O5S. The Hall–Kier alpha value is -2.94. The molecule has 1 amide bonds. The van der Waals surface area contributed by atoms with Crippen molar-refractivity contribution in [1.82, 2.24) is 0 Å². The van der Waals surface area contributed by atoms with Crippen LogP contribution in [0.2, 0.25) is 0 Å². The minimum atomic E-state index is -3.97. The van der Waals surface area contributed by atoms with Crippen molar-refractivity contribution in [2.45, 2.75) is 19.9 Å².